The monoisotopic (exact) mass is 507 g/mol. The van der Waals surface area contributed by atoms with Crippen LogP contribution < -0.4 is 10.2 Å². The summed E-state index contributed by atoms with van der Waals surface area (Å²) in [6.07, 6.45) is 3.66. The molecule has 0 radical (unpaired) electrons. The third-order valence-corrected chi connectivity index (χ3v) is 7.62. The Bertz CT molecular complexity index is 1330. The highest BCUT2D eigenvalue weighted by Gasteiger charge is 2.44. The van der Waals surface area contributed by atoms with Crippen molar-refractivity contribution < 1.29 is 19.6 Å². The Hall–Kier alpha value is -3.36. The number of thiophene rings is 1. The summed E-state index contributed by atoms with van der Waals surface area (Å²) >= 11 is 1.61. The number of rotatable bonds is 9. The van der Waals surface area contributed by atoms with Crippen LogP contribution in [-0.4, -0.2) is 52.9 Å². The van der Waals surface area contributed by atoms with Crippen LogP contribution in [-0.2, 0) is 16.1 Å². The molecule has 188 valence electrons. The van der Waals surface area contributed by atoms with Crippen LogP contribution in [0.1, 0.15) is 42.2 Å². The standard InChI is InChI=1S/C26H29N5O4S/c1-3-29(20-6-4-5-17(13-20)15-27)26-23(35-26)16-30-21-11-12-36-24(21)14-22(30)25(32)28-18-7-9-19(10-8-18)31(33)34-2/h4-6,9,11-14,18,23,26,33H,3,7-8,10,16H2,1-2H3,(H,28,32)/t18-,23?,26?/m1/s1. The molecular weight excluding hydrogens is 478 g/mol. The molecule has 3 heterocycles. The molecule has 3 atom stereocenters. The third kappa shape index (κ3) is 4.83. The van der Waals surface area contributed by atoms with Gasteiger partial charge in [0, 0.05) is 18.3 Å². The second kappa shape index (κ2) is 10.3. The van der Waals surface area contributed by atoms with E-state index in [-0.39, 0.29) is 24.3 Å². The van der Waals surface area contributed by atoms with Crippen molar-refractivity contribution in [2.75, 3.05) is 18.6 Å². The van der Waals surface area contributed by atoms with E-state index >= 15 is 0 Å². The zero-order chi connectivity index (χ0) is 25.2. The Morgan fingerprint density at radius 1 is 1.39 bits per heavy atom. The molecule has 10 heteroatoms. The maximum atomic E-state index is 13.3. The zero-order valence-electron chi connectivity index (χ0n) is 20.3. The molecular formula is C26H29N5O4S. The van der Waals surface area contributed by atoms with Gasteiger partial charge in [-0.05, 0) is 61.9 Å². The number of fused-ring (bicyclic) bond motifs is 1. The molecule has 2 aliphatic rings. The Morgan fingerprint density at radius 3 is 2.97 bits per heavy atom. The molecule has 1 aliphatic heterocycles. The number of likely N-dealkylation sites (N-methyl/N-ethyl adjacent to an activating group) is 1. The van der Waals surface area contributed by atoms with Gasteiger partial charge in [-0.25, -0.2) is 0 Å². The van der Waals surface area contributed by atoms with Crippen LogP contribution in [0.25, 0.3) is 10.2 Å². The second-order valence-electron chi connectivity index (χ2n) is 8.92. The number of benzene rings is 1. The van der Waals surface area contributed by atoms with Crippen LogP contribution in [0.5, 0.6) is 0 Å². The van der Waals surface area contributed by atoms with Gasteiger partial charge in [-0.3, -0.25) is 14.8 Å². The number of anilines is 1. The first-order valence-corrected chi connectivity index (χ1v) is 12.9. The van der Waals surface area contributed by atoms with Crippen molar-refractivity contribution >= 4 is 33.1 Å². The van der Waals surface area contributed by atoms with Crippen molar-refractivity contribution in [1.29, 1.82) is 5.26 Å². The molecule has 0 saturated carbocycles. The highest BCUT2D eigenvalue weighted by molar-refractivity contribution is 7.17. The highest BCUT2D eigenvalue weighted by Crippen LogP contribution is 2.35. The Balaban J connectivity index is 1.30. The fraction of sp³-hybridized carbons (Fsp3) is 0.385. The molecule has 1 fully saturated rings. The van der Waals surface area contributed by atoms with Gasteiger partial charge in [0.25, 0.3) is 5.91 Å². The van der Waals surface area contributed by atoms with Crippen LogP contribution in [0.4, 0.5) is 5.69 Å². The molecule has 9 nitrogen and oxygen atoms in total. The largest absolute Gasteiger partial charge is 0.348 e. The van der Waals surface area contributed by atoms with Crippen molar-refractivity contribution in [3.63, 3.8) is 0 Å². The smallest absolute Gasteiger partial charge is 0.268 e. The molecule has 1 aromatic carbocycles. The number of carbonyl (C=O) groups excluding carboxylic acids is 1. The van der Waals surface area contributed by atoms with Crippen LogP contribution in [0, 0.1) is 11.3 Å². The molecule has 1 aliphatic carbocycles. The number of aromatic nitrogens is 1. The van der Waals surface area contributed by atoms with Gasteiger partial charge >= 0.3 is 0 Å². The number of nitriles is 1. The maximum Gasteiger partial charge on any atom is 0.268 e. The average molecular weight is 508 g/mol. The zero-order valence-corrected chi connectivity index (χ0v) is 21.1. The average Bonchev–Trinajstić information content (AvgIpc) is 3.34. The minimum atomic E-state index is -0.112. The van der Waals surface area contributed by atoms with E-state index < -0.39 is 0 Å². The van der Waals surface area contributed by atoms with E-state index in [0.29, 0.717) is 42.8 Å². The van der Waals surface area contributed by atoms with Gasteiger partial charge in [-0.2, -0.15) is 5.26 Å². The molecule has 2 unspecified atom stereocenters. The lowest BCUT2D eigenvalue weighted by Crippen LogP contribution is -2.38. The molecule has 3 aromatic rings. The van der Waals surface area contributed by atoms with E-state index in [0.717, 1.165) is 27.7 Å². The SMILES string of the molecule is CCN(c1cccc(C#N)c1)C1OC1Cn1c(C(=O)N[C@@H]2CC=C(N(O)OC)CC2)cc2sccc21. The predicted molar refractivity (Wildman–Crippen MR) is 136 cm³/mol. The topological polar surface area (TPSA) is 106 Å². The number of hydrogen-bond acceptors (Lipinski definition) is 8. The molecule has 36 heavy (non-hydrogen) atoms. The minimum absolute atomic E-state index is 0.0131. The number of ether oxygens (including phenoxy) is 1. The van der Waals surface area contributed by atoms with Crippen molar-refractivity contribution in [2.45, 2.75) is 51.1 Å². The lowest BCUT2D eigenvalue weighted by molar-refractivity contribution is -0.301. The van der Waals surface area contributed by atoms with E-state index in [9.17, 15) is 15.3 Å². The second-order valence-corrected chi connectivity index (χ2v) is 9.87. The number of allylic oxidation sites excluding steroid dienone is 1. The van der Waals surface area contributed by atoms with Crippen LogP contribution >= 0.6 is 11.3 Å². The fourth-order valence-electron chi connectivity index (χ4n) is 4.85. The Kier molecular flexibility index (Phi) is 6.98. The van der Waals surface area contributed by atoms with Crippen molar-refractivity contribution in [2.24, 2.45) is 0 Å². The highest BCUT2D eigenvalue weighted by atomic mass is 32.1. The first-order chi connectivity index (χ1) is 17.5. The third-order valence-electron chi connectivity index (χ3n) is 6.77. The minimum Gasteiger partial charge on any atom is -0.348 e. The van der Waals surface area contributed by atoms with E-state index in [1.165, 1.54) is 7.11 Å². The molecule has 5 rings (SSSR count). The van der Waals surface area contributed by atoms with Gasteiger partial charge < -0.3 is 19.5 Å². The summed E-state index contributed by atoms with van der Waals surface area (Å²) in [6.45, 7) is 3.37. The summed E-state index contributed by atoms with van der Waals surface area (Å²) in [5, 5.41) is 24.9. The number of nitrogens with zero attached hydrogens (tertiary/aromatic N) is 4. The number of hydrogen-bond donors (Lipinski definition) is 2. The number of nitrogens with one attached hydrogen (secondary N) is 1. The number of hydroxylamine groups is 2. The summed E-state index contributed by atoms with van der Waals surface area (Å²) in [5.41, 5.74) is 3.91. The van der Waals surface area contributed by atoms with Crippen molar-refractivity contribution in [3.05, 3.63) is 64.8 Å². The lowest BCUT2D eigenvalue weighted by Gasteiger charge is -2.26. The summed E-state index contributed by atoms with van der Waals surface area (Å²) < 4.78 is 9.19. The molecule has 0 spiro atoms. The van der Waals surface area contributed by atoms with Gasteiger partial charge in [0.2, 0.25) is 0 Å². The molecule has 2 aromatic heterocycles. The van der Waals surface area contributed by atoms with Gasteiger partial charge in [-0.1, -0.05) is 12.1 Å². The van der Waals surface area contributed by atoms with Crippen LogP contribution in [0.3, 0.4) is 0 Å². The van der Waals surface area contributed by atoms with E-state index in [4.69, 9.17) is 9.57 Å². The first-order valence-electron chi connectivity index (χ1n) is 12.0. The maximum absolute atomic E-state index is 13.3. The Morgan fingerprint density at radius 2 is 2.25 bits per heavy atom. The number of epoxide rings is 1. The van der Waals surface area contributed by atoms with Crippen molar-refractivity contribution in [1.82, 2.24) is 15.1 Å². The van der Waals surface area contributed by atoms with Crippen molar-refractivity contribution in [3.8, 4) is 6.07 Å². The fourth-order valence-corrected chi connectivity index (χ4v) is 5.67. The number of amides is 1. The quantitative estimate of drug-likeness (QED) is 0.330. The summed E-state index contributed by atoms with van der Waals surface area (Å²) in [6, 6.07) is 13.7. The van der Waals surface area contributed by atoms with E-state index in [1.54, 1.807) is 17.4 Å². The summed E-state index contributed by atoms with van der Waals surface area (Å²) in [7, 11) is 1.41. The van der Waals surface area contributed by atoms with Crippen LogP contribution in [0.2, 0.25) is 0 Å². The van der Waals surface area contributed by atoms with Gasteiger partial charge in [0.1, 0.15) is 11.8 Å². The Labute approximate surface area is 213 Å². The number of carbonyl (C=O) groups is 1. The van der Waals surface area contributed by atoms with E-state index in [1.807, 2.05) is 41.8 Å². The lowest BCUT2D eigenvalue weighted by atomic mass is 9.99. The van der Waals surface area contributed by atoms with E-state index in [2.05, 4.69) is 27.8 Å². The van der Waals surface area contributed by atoms with Gasteiger partial charge in [0.05, 0.1) is 41.2 Å². The predicted octanol–water partition coefficient (Wildman–Crippen LogP) is 4.24. The summed E-state index contributed by atoms with van der Waals surface area (Å²) in [5.74, 6) is -0.112. The van der Waals surface area contributed by atoms with Crippen LogP contribution in [0.15, 0.2) is 53.6 Å². The molecule has 1 saturated heterocycles. The molecule has 2 N–H and O–H groups in total. The summed E-state index contributed by atoms with van der Waals surface area (Å²) in [4.78, 5) is 20.3. The first kappa shape index (κ1) is 24.3. The molecule has 0 bridgehead atoms. The normalized spacial score (nSPS) is 21.1. The van der Waals surface area contributed by atoms with Gasteiger partial charge in [0.15, 0.2) is 6.23 Å². The molecule has 1 amide bonds. The van der Waals surface area contributed by atoms with Gasteiger partial charge in [-0.15, -0.1) is 16.6 Å².